The molecule has 10 nitrogen and oxygen atoms in total. The van der Waals surface area contributed by atoms with Crippen LogP contribution in [0.4, 0.5) is 4.39 Å². The van der Waals surface area contributed by atoms with Crippen LogP contribution >= 0.6 is 11.6 Å². The average molecular weight is 711 g/mol. The minimum Gasteiger partial charge on any atom is -0.481 e. The number of pyridine rings is 1. The molecule has 2 atom stereocenters. The van der Waals surface area contributed by atoms with Gasteiger partial charge in [-0.05, 0) is 111 Å². The standard InChI is InChI=1S/C38H48ClFN4O6/c1-21(2)13-32(42-36(47)29-9-8-10-44(38(29)49)12-11-43-19-28(20-43)50-22(3)4)37(48)41-31(18-33(45)46)30-17-26(14-25(7)35(30)40)34-23(5)15-27(39)16-24(34)6/h8-10,14-17,21-22,28,31-32H,11-13,18-20H2,1-7H3,(H,41,48)(H,42,47)(H,45,46)/t31-,32-/m0/s1. The zero-order valence-corrected chi connectivity index (χ0v) is 30.6. The number of hydrogen-bond acceptors (Lipinski definition) is 6. The number of ether oxygens (including phenoxy) is 1. The first kappa shape index (κ1) is 38.7. The lowest BCUT2D eigenvalue weighted by atomic mass is 9.90. The number of halogens is 2. The number of carbonyl (C=O) groups excluding carboxylic acids is 2. The largest absolute Gasteiger partial charge is 0.481 e. The Labute approximate surface area is 298 Å². The molecule has 1 saturated heterocycles. The summed E-state index contributed by atoms with van der Waals surface area (Å²) in [5, 5.41) is 15.8. The number of aryl methyl sites for hydroxylation is 3. The van der Waals surface area contributed by atoms with Crippen molar-refractivity contribution < 1.29 is 28.6 Å². The summed E-state index contributed by atoms with van der Waals surface area (Å²) in [4.78, 5) is 54.8. The average Bonchev–Trinajstić information content (AvgIpc) is 2.98. The molecule has 1 aliphatic heterocycles. The summed E-state index contributed by atoms with van der Waals surface area (Å²) >= 11 is 6.24. The van der Waals surface area contributed by atoms with Crippen LogP contribution in [0.3, 0.4) is 0 Å². The lowest BCUT2D eigenvalue weighted by Crippen LogP contribution is -2.54. The topological polar surface area (TPSA) is 130 Å². The van der Waals surface area contributed by atoms with E-state index in [9.17, 15) is 24.3 Å². The molecule has 1 aliphatic rings. The molecular weight excluding hydrogens is 663 g/mol. The minimum atomic E-state index is -1.25. The first-order valence-electron chi connectivity index (χ1n) is 17.0. The summed E-state index contributed by atoms with van der Waals surface area (Å²) in [6.07, 6.45) is 1.53. The number of nitrogens with zero attached hydrogens (tertiary/aromatic N) is 2. The fraction of sp³-hybridized carbons (Fsp3) is 0.474. The van der Waals surface area contributed by atoms with Gasteiger partial charge in [0.15, 0.2) is 0 Å². The highest BCUT2D eigenvalue weighted by Gasteiger charge is 2.30. The van der Waals surface area contributed by atoms with Crippen LogP contribution in [0.25, 0.3) is 11.1 Å². The van der Waals surface area contributed by atoms with Gasteiger partial charge in [-0.15, -0.1) is 0 Å². The molecule has 0 radical (unpaired) electrons. The van der Waals surface area contributed by atoms with Crippen molar-refractivity contribution in [3.63, 3.8) is 0 Å². The van der Waals surface area contributed by atoms with Gasteiger partial charge in [0.25, 0.3) is 11.5 Å². The number of aromatic nitrogens is 1. The maximum absolute atomic E-state index is 15.8. The van der Waals surface area contributed by atoms with Crippen molar-refractivity contribution in [2.75, 3.05) is 19.6 Å². The van der Waals surface area contributed by atoms with Crippen LogP contribution in [0.5, 0.6) is 0 Å². The zero-order valence-electron chi connectivity index (χ0n) is 29.8. The van der Waals surface area contributed by atoms with Crippen molar-refractivity contribution in [2.45, 2.75) is 92.1 Å². The lowest BCUT2D eigenvalue weighted by molar-refractivity contribution is -0.137. The smallest absolute Gasteiger partial charge is 0.305 e. The quantitative estimate of drug-likeness (QED) is 0.181. The normalized spacial score (nSPS) is 14.8. The van der Waals surface area contributed by atoms with E-state index < -0.39 is 47.7 Å². The van der Waals surface area contributed by atoms with E-state index in [1.165, 1.54) is 10.6 Å². The molecule has 3 N–H and O–H groups in total. The first-order chi connectivity index (χ1) is 23.5. The second kappa shape index (κ2) is 16.8. The van der Waals surface area contributed by atoms with Gasteiger partial charge in [-0.1, -0.05) is 25.4 Å². The van der Waals surface area contributed by atoms with Crippen LogP contribution in [0, 0.1) is 32.5 Å². The van der Waals surface area contributed by atoms with Gasteiger partial charge in [-0.3, -0.25) is 24.1 Å². The van der Waals surface area contributed by atoms with Crippen molar-refractivity contribution in [1.82, 2.24) is 20.1 Å². The van der Waals surface area contributed by atoms with Gasteiger partial charge in [0, 0.05) is 43.0 Å². The van der Waals surface area contributed by atoms with Gasteiger partial charge in [0.1, 0.15) is 17.4 Å². The van der Waals surface area contributed by atoms with Crippen LogP contribution in [-0.2, 0) is 20.9 Å². The van der Waals surface area contributed by atoms with Gasteiger partial charge < -0.3 is 25.0 Å². The Morgan fingerprint density at radius 3 is 2.26 bits per heavy atom. The molecule has 12 heteroatoms. The van der Waals surface area contributed by atoms with Crippen LogP contribution in [0.15, 0.2) is 47.4 Å². The van der Waals surface area contributed by atoms with E-state index in [1.54, 1.807) is 43.5 Å². The van der Waals surface area contributed by atoms with Crippen LogP contribution in [0.2, 0.25) is 5.02 Å². The molecule has 0 unspecified atom stereocenters. The molecule has 1 aromatic heterocycles. The van der Waals surface area contributed by atoms with Gasteiger partial charge in [0.2, 0.25) is 5.91 Å². The molecular formula is C38H48ClFN4O6. The Kier molecular flexibility index (Phi) is 13.0. The van der Waals surface area contributed by atoms with E-state index in [4.69, 9.17) is 16.3 Å². The summed E-state index contributed by atoms with van der Waals surface area (Å²) in [7, 11) is 0. The fourth-order valence-corrected chi connectivity index (χ4v) is 6.82. The molecule has 2 heterocycles. The van der Waals surface area contributed by atoms with Crippen molar-refractivity contribution in [1.29, 1.82) is 0 Å². The summed E-state index contributed by atoms with van der Waals surface area (Å²) in [5.74, 6) is -3.36. The van der Waals surface area contributed by atoms with Gasteiger partial charge >= 0.3 is 5.97 Å². The van der Waals surface area contributed by atoms with Crippen LogP contribution in [-0.4, -0.2) is 70.2 Å². The Hall–Kier alpha value is -4.06. The summed E-state index contributed by atoms with van der Waals surface area (Å²) in [5.41, 5.74) is 2.87. The fourth-order valence-electron chi connectivity index (χ4n) is 6.50. The molecule has 0 aliphatic carbocycles. The van der Waals surface area contributed by atoms with E-state index in [0.29, 0.717) is 23.7 Å². The molecule has 0 bridgehead atoms. The molecule has 4 rings (SSSR count). The predicted octanol–water partition coefficient (Wildman–Crippen LogP) is 5.82. The number of aliphatic carboxylic acids is 1. The highest BCUT2D eigenvalue weighted by molar-refractivity contribution is 6.30. The number of carboxylic acid groups (broad SMARTS) is 1. The monoisotopic (exact) mass is 710 g/mol. The lowest BCUT2D eigenvalue weighted by Gasteiger charge is -2.39. The molecule has 1 fully saturated rings. The first-order valence-corrected chi connectivity index (χ1v) is 17.4. The zero-order chi connectivity index (χ0) is 36.9. The second-order valence-electron chi connectivity index (χ2n) is 13.9. The van der Waals surface area contributed by atoms with E-state index in [1.807, 2.05) is 41.5 Å². The number of rotatable bonds is 15. The number of benzene rings is 2. The van der Waals surface area contributed by atoms with Crippen molar-refractivity contribution in [3.8, 4) is 11.1 Å². The third kappa shape index (κ3) is 9.80. The minimum absolute atomic E-state index is 0.00867. The molecule has 50 heavy (non-hydrogen) atoms. The number of hydrogen-bond donors (Lipinski definition) is 3. The number of likely N-dealkylation sites (tertiary alicyclic amines) is 1. The summed E-state index contributed by atoms with van der Waals surface area (Å²) < 4.78 is 23.0. The molecule has 0 spiro atoms. The summed E-state index contributed by atoms with van der Waals surface area (Å²) in [6.45, 7) is 15.6. The van der Waals surface area contributed by atoms with E-state index in [0.717, 1.165) is 29.8 Å². The van der Waals surface area contributed by atoms with E-state index in [2.05, 4.69) is 15.5 Å². The highest BCUT2D eigenvalue weighted by atomic mass is 35.5. The van der Waals surface area contributed by atoms with Gasteiger partial charge in [0.05, 0.1) is 24.7 Å². The molecule has 0 saturated carbocycles. The third-order valence-corrected chi connectivity index (χ3v) is 9.00. The van der Waals surface area contributed by atoms with Crippen molar-refractivity contribution in [3.05, 3.63) is 91.6 Å². The molecule has 2 aromatic carbocycles. The third-order valence-electron chi connectivity index (χ3n) is 8.78. The molecule has 270 valence electrons. The number of amides is 2. The summed E-state index contributed by atoms with van der Waals surface area (Å²) in [6, 6.07) is 7.47. The Morgan fingerprint density at radius 1 is 1.00 bits per heavy atom. The molecule has 2 amide bonds. The van der Waals surface area contributed by atoms with Crippen LogP contribution in [0.1, 0.15) is 79.2 Å². The Morgan fingerprint density at radius 2 is 1.66 bits per heavy atom. The molecule has 3 aromatic rings. The van der Waals surface area contributed by atoms with Crippen molar-refractivity contribution >= 4 is 29.4 Å². The number of carboxylic acids is 1. The van der Waals surface area contributed by atoms with Gasteiger partial charge in [-0.25, -0.2) is 4.39 Å². The van der Waals surface area contributed by atoms with Crippen LogP contribution < -0.4 is 16.2 Å². The number of nitrogens with one attached hydrogen (secondary N) is 2. The number of carbonyl (C=O) groups is 3. The maximum Gasteiger partial charge on any atom is 0.305 e. The van der Waals surface area contributed by atoms with E-state index in [-0.39, 0.29) is 41.2 Å². The Bertz CT molecular complexity index is 1760. The SMILES string of the molecule is Cc1cc(-c2c(C)cc(Cl)cc2C)cc([C@H](CC(=O)O)NC(=O)[C@H](CC(C)C)NC(=O)c2cccn(CCN3CC(OC(C)C)C3)c2=O)c1F. The maximum atomic E-state index is 15.8. The van der Waals surface area contributed by atoms with Crippen molar-refractivity contribution in [2.24, 2.45) is 5.92 Å². The predicted molar refractivity (Wildman–Crippen MR) is 192 cm³/mol. The second-order valence-corrected chi connectivity index (χ2v) is 14.3. The van der Waals surface area contributed by atoms with Gasteiger partial charge in [-0.2, -0.15) is 0 Å². The Balaban J connectivity index is 1.55. The van der Waals surface area contributed by atoms with E-state index >= 15 is 4.39 Å². The highest BCUT2D eigenvalue weighted by Crippen LogP contribution is 2.34.